The van der Waals surface area contributed by atoms with Crippen LogP contribution in [0, 0.1) is 5.92 Å². The van der Waals surface area contributed by atoms with Gasteiger partial charge in [0, 0.05) is 30.2 Å². The molecule has 1 unspecified atom stereocenters. The number of primary amides is 1. The Morgan fingerprint density at radius 3 is 2.08 bits per heavy atom. The lowest BCUT2D eigenvalue weighted by Crippen LogP contribution is -2.58. The molecular weight excluding hydrogens is 614 g/mol. The fourth-order valence-corrected chi connectivity index (χ4v) is 6.45. The zero-order valence-electron chi connectivity index (χ0n) is 26.6. The number of pyridine rings is 1. The molecule has 11 heteroatoms. The van der Waals surface area contributed by atoms with Crippen LogP contribution in [-0.2, 0) is 0 Å². The number of aromatic nitrogens is 1. The maximum Gasteiger partial charge on any atom is 0.335 e. The van der Waals surface area contributed by atoms with Crippen LogP contribution >= 0.6 is 0 Å². The molecule has 1 amide bonds. The number of ketones is 2. The first kappa shape index (κ1) is 32.4. The van der Waals surface area contributed by atoms with E-state index < -0.39 is 29.2 Å². The van der Waals surface area contributed by atoms with E-state index in [1.165, 1.54) is 18.3 Å². The average Bonchev–Trinajstić information content (AvgIpc) is 3.09. The molecule has 2 aliphatic rings. The maximum atomic E-state index is 14.7. The van der Waals surface area contributed by atoms with Crippen molar-refractivity contribution < 1.29 is 38.5 Å². The lowest BCUT2D eigenvalue weighted by Gasteiger charge is -2.45. The van der Waals surface area contributed by atoms with Crippen molar-refractivity contribution >= 4 is 23.4 Å². The van der Waals surface area contributed by atoms with Crippen molar-refractivity contribution in [3.63, 3.8) is 0 Å². The van der Waals surface area contributed by atoms with Crippen LogP contribution in [0.3, 0.4) is 0 Å². The number of benzene rings is 3. The van der Waals surface area contributed by atoms with Gasteiger partial charge in [-0.05, 0) is 87.1 Å². The van der Waals surface area contributed by atoms with Gasteiger partial charge in [0.15, 0.2) is 11.6 Å². The highest BCUT2D eigenvalue weighted by Crippen LogP contribution is 2.46. The van der Waals surface area contributed by atoms with Gasteiger partial charge in [0.1, 0.15) is 28.8 Å². The topological polar surface area (TPSA) is 167 Å². The highest BCUT2D eigenvalue weighted by atomic mass is 16.5. The number of aromatic carboxylic acids is 1. The largest absolute Gasteiger partial charge is 0.493 e. The molecule has 1 atom stereocenters. The third-order valence-corrected chi connectivity index (χ3v) is 8.77. The summed E-state index contributed by atoms with van der Waals surface area (Å²) in [5.74, 6) is -2.45. The summed E-state index contributed by atoms with van der Waals surface area (Å²) in [4.78, 5) is 56.5. The zero-order chi connectivity index (χ0) is 34.0. The van der Waals surface area contributed by atoms with Gasteiger partial charge < -0.3 is 30.4 Å². The van der Waals surface area contributed by atoms with E-state index in [4.69, 9.17) is 19.9 Å². The molecule has 48 heavy (non-hydrogen) atoms. The van der Waals surface area contributed by atoms with Crippen molar-refractivity contribution in [2.24, 2.45) is 11.7 Å². The summed E-state index contributed by atoms with van der Waals surface area (Å²) in [5.41, 5.74) is 7.54. The summed E-state index contributed by atoms with van der Waals surface area (Å²) in [6, 6.07) is 17.9. The highest BCUT2D eigenvalue weighted by molar-refractivity contribution is 6.19. The molecule has 1 fully saturated rings. The molecule has 11 nitrogen and oxygen atoms in total. The second-order valence-electron chi connectivity index (χ2n) is 11.7. The molecule has 6 rings (SSSR count). The Balaban J connectivity index is 1.44. The van der Waals surface area contributed by atoms with Crippen LogP contribution in [0.15, 0.2) is 72.9 Å². The van der Waals surface area contributed by atoms with E-state index in [9.17, 15) is 24.3 Å². The van der Waals surface area contributed by atoms with Crippen LogP contribution in [0.2, 0.25) is 0 Å². The number of nitrogens with zero attached hydrogens (tertiary/aromatic N) is 1. The van der Waals surface area contributed by atoms with Gasteiger partial charge in [-0.1, -0.05) is 12.1 Å². The van der Waals surface area contributed by atoms with Gasteiger partial charge in [0.2, 0.25) is 5.91 Å². The summed E-state index contributed by atoms with van der Waals surface area (Å²) in [5, 5.41) is 12.7. The summed E-state index contributed by atoms with van der Waals surface area (Å²) >= 11 is 0. The molecule has 3 aromatic carbocycles. The summed E-state index contributed by atoms with van der Waals surface area (Å²) in [6.45, 7) is 5.35. The van der Waals surface area contributed by atoms with E-state index in [0.717, 1.165) is 0 Å². The second-order valence-corrected chi connectivity index (χ2v) is 11.7. The minimum atomic E-state index is -1.16. The molecule has 3 heterocycles. The summed E-state index contributed by atoms with van der Waals surface area (Å²) in [7, 11) is 0. The van der Waals surface area contributed by atoms with E-state index in [1.807, 2.05) is 13.8 Å². The van der Waals surface area contributed by atoms with Crippen LogP contribution in [0.1, 0.15) is 68.1 Å². The number of fused-ring (bicyclic) bond motifs is 1. The Kier molecular flexibility index (Phi) is 8.97. The van der Waals surface area contributed by atoms with Gasteiger partial charge in [-0.15, -0.1) is 0 Å². The standard InChI is InChI=1S/C37H35N3O8/c1-3-46-29-18-25(19-30(47-4-2)31(29)21-5-7-22(8-6-21)36(44)45)33(41)32-34(42)26-17-23(27-11-9-24(20-40-27)35(38)43)10-12-28(26)48-37(32)13-15-39-16-14-37/h5-12,17-20,32,39H,3-4,13-16H2,1-2H3,(H2,38,43)(H,44,45). The highest BCUT2D eigenvalue weighted by Gasteiger charge is 2.54. The van der Waals surface area contributed by atoms with Crippen LogP contribution in [0.5, 0.6) is 17.2 Å². The molecule has 4 N–H and O–H groups in total. The van der Waals surface area contributed by atoms with Gasteiger partial charge in [0.05, 0.1) is 41.2 Å². The molecule has 2 aliphatic heterocycles. The van der Waals surface area contributed by atoms with Gasteiger partial charge in [-0.3, -0.25) is 19.4 Å². The summed E-state index contributed by atoms with van der Waals surface area (Å²) in [6.07, 6.45) is 2.26. The molecule has 4 aromatic rings. The summed E-state index contributed by atoms with van der Waals surface area (Å²) < 4.78 is 18.7. The Labute approximate surface area is 277 Å². The Bertz CT molecular complexity index is 1870. The fourth-order valence-electron chi connectivity index (χ4n) is 6.45. The molecule has 0 radical (unpaired) electrons. The van der Waals surface area contributed by atoms with Crippen LogP contribution in [0.25, 0.3) is 22.4 Å². The van der Waals surface area contributed by atoms with Crippen LogP contribution in [0.4, 0.5) is 0 Å². The molecule has 1 saturated heterocycles. The van der Waals surface area contributed by atoms with Crippen molar-refractivity contribution in [3.05, 3.63) is 95.2 Å². The number of hydrogen-bond donors (Lipinski definition) is 3. The van der Waals surface area contributed by atoms with Crippen molar-refractivity contribution in [2.45, 2.75) is 32.3 Å². The second kappa shape index (κ2) is 13.3. The third-order valence-electron chi connectivity index (χ3n) is 8.77. The number of nitrogens with two attached hydrogens (primary N) is 1. The first-order valence-electron chi connectivity index (χ1n) is 15.8. The molecule has 0 bridgehead atoms. The lowest BCUT2D eigenvalue weighted by molar-refractivity contribution is -0.0138. The molecular formula is C37H35N3O8. The predicted octanol–water partition coefficient (Wildman–Crippen LogP) is 5.21. The van der Waals surface area contributed by atoms with Gasteiger partial charge in [0.25, 0.3) is 0 Å². The molecule has 1 spiro atoms. The fraction of sp³-hybridized carbons (Fsp3) is 0.270. The average molecular weight is 650 g/mol. The number of carbonyl (C=O) groups excluding carboxylic acids is 3. The molecule has 1 aromatic heterocycles. The van der Waals surface area contributed by atoms with Crippen molar-refractivity contribution in [3.8, 4) is 39.6 Å². The number of ether oxygens (including phenoxy) is 3. The van der Waals surface area contributed by atoms with Crippen molar-refractivity contribution in [2.75, 3.05) is 26.3 Å². The van der Waals surface area contributed by atoms with Crippen LogP contribution in [-0.4, -0.2) is 65.4 Å². The third kappa shape index (κ3) is 6.00. The predicted molar refractivity (Wildman–Crippen MR) is 177 cm³/mol. The van der Waals surface area contributed by atoms with Crippen molar-refractivity contribution in [1.82, 2.24) is 10.3 Å². The Morgan fingerprint density at radius 1 is 0.896 bits per heavy atom. The number of Topliss-reactive ketones (excluding diaryl/α,β-unsaturated/α-hetero) is 2. The Hall–Kier alpha value is -5.55. The number of rotatable bonds is 10. The number of carboxylic acid groups (broad SMARTS) is 1. The first-order chi connectivity index (χ1) is 23.2. The van der Waals surface area contributed by atoms with Gasteiger partial charge in [-0.25, -0.2) is 4.79 Å². The smallest absolute Gasteiger partial charge is 0.335 e. The van der Waals surface area contributed by atoms with E-state index in [-0.39, 0.29) is 41.3 Å². The van der Waals surface area contributed by atoms with Gasteiger partial charge >= 0.3 is 5.97 Å². The first-order valence-corrected chi connectivity index (χ1v) is 15.8. The number of piperidine rings is 1. The van der Waals surface area contributed by atoms with Crippen LogP contribution < -0.4 is 25.3 Å². The number of carbonyl (C=O) groups is 4. The quantitative estimate of drug-likeness (QED) is 0.153. The lowest BCUT2D eigenvalue weighted by atomic mass is 9.70. The zero-order valence-corrected chi connectivity index (χ0v) is 26.6. The van der Waals surface area contributed by atoms with E-state index in [0.29, 0.717) is 65.6 Å². The van der Waals surface area contributed by atoms with Gasteiger partial charge in [-0.2, -0.15) is 0 Å². The van der Waals surface area contributed by atoms with E-state index in [1.54, 1.807) is 54.6 Å². The monoisotopic (exact) mass is 649 g/mol. The molecule has 0 saturated carbocycles. The van der Waals surface area contributed by atoms with E-state index >= 15 is 0 Å². The molecule has 246 valence electrons. The normalized spacial score (nSPS) is 16.5. The number of nitrogens with one attached hydrogen (secondary N) is 1. The maximum absolute atomic E-state index is 14.7. The van der Waals surface area contributed by atoms with Crippen molar-refractivity contribution in [1.29, 1.82) is 0 Å². The number of amides is 1. The molecule has 0 aliphatic carbocycles. The number of hydrogen-bond acceptors (Lipinski definition) is 9. The Morgan fingerprint density at radius 2 is 1.52 bits per heavy atom. The SMILES string of the molecule is CCOc1cc(C(=O)C2C(=O)c3cc(-c4ccc(C(N)=O)cn4)ccc3OC23CCNCC3)cc(OCC)c1-c1ccc(C(=O)O)cc1. The minimum Gasteiger partial charge on any atom is -0.493 e. The minimum absolute atomic E-state index is 0.131. The van der Waals surface area contributed by atoms with E-state index in [2.05, 4.69) is 10.3 Å². The number of carboxylic acids is 1.